The Hall–Kier alpha value is -3.84. The predicted octanol–water partition coefficient (Wildman–Crippen LogP) is 4.07. The molecule has 1 fully saturated rings. The van der Waals surface area contributed by atoms with Gasteiger partial charge in [-0.2, -0.15) is 0 Å². The van der Waals surface area contributed by atoms with Crippen molar-refractivity contribution in [3.05, 3.63) is 94.3 Å². The van der Waals surface area contributed by atoms with Crippen molar-refractivity contribution in [2.75, 3.05) is 7.11 Å². The van der Waals surface area contributed by atoms with Crippen molar-refractivity contribution >= 4 is 29.1 Å². The zero-order valence-corrected chi connectivity index (χ0v) is 17.8. The highest BCUT2D eigenvalue weighted by Gasteiger charge is 2.46. The number of likely N-dealkylation sites (tertiary alicyclic amines) is 1. The highest BCUT2D eigenvalue weighted by molar-refractivity contribution is 6.47. The second-order valence-corrected chi connectivity index (χ2v) is 7.59. The second kappa shape index (κ2) is 8.72. The number of benzene rings is 2. The zero-order valence-electron chi connectivity index (χ0n) is 17.0. The van der Waals surface area contributed by atoms with E-state index in [0.717, 1.165) is 0 Å². The van der Waals surface area contributed by atoms with Crippen molar-refractivity contribution in [3.63, 3.8) is 0 Å². The second-order valence-electron chi connectivity index (χ2n) is 7.19. The molecule has 1 unspecified atom stereocenters. The molecule has 0 bridgehead atoms. The van der Waals surface area contributed by atoms with E-state index >= 15 is 0 Å². The van der Waals surface area contributed by atoms with Crippen LogP contribution < -0.4 is 4.74 Å². The van der Waals surface area contributed by atoms with Crippen LogP contribution in [0.25, 0.3) is 5.76 Å². The van der Waals surface area contributed by atoms with E-state index in [0.29, 0.717) is 17.0 Å². The van der Waals surface area contributed by atoms with Crippen LogP contribution in [0, 0.1) is 0 Å². The van der Waals surface area contributed by atoms with Crippen LogP contribution >= 0.6 is 11.6 Å². The van der Waals surface area contributed by atoms with Crippen LogP contribution in [0.15, 0.2) is 72.4 Å². The summed E-state index contributed by atoms with van der Waals surface area (Å²) < 4.78 is 5.20. The molecule has 32 heavy (non-hydrogen) atoms. The van der Waals surface area contributed by atoms with Crippen molar-refractivity contribution < 1.29 is 24.5 Å². The molecular weight excluding hydrogens is 432 g/mol. The molecule has 0 saturated carbocycles. The minimum absolute atomic E-state index is 0.0336. The monoisotopic (exact) mass is 450 g/mol. The van der Waals surface area contributed by atoms with Crippen molar-refractivity contribution in [2.24, 2.45) is 0 Å². The van der Waals surface area contributed by atoms with Gasteiger partial charge in [-0.3, -0.25) is 14.6 Å². The van der Waals surface area contributed by atoms with E-state index in [-0.39, 0.29) is 28.5 Å². The molecule has 1 amide bonds. The topological polar surface area (TPSA) is 100.0 Å². The van der Waals surface area contributed by atoms with Gasteiger partial charge in [0.25, 0.3) is 11.7 Å². The lowest BCUT2D eigenvalue weighted by Crippen LogP contribution is -2.29. The van der Waals surface area contributed by atoms with Gasteiger partial charge < -0.3 is 19.8 Å². The molecule has 2 heterocycles. The number of hydrogen-bond acceptors (Lipinski definition) is 6. The molecule has 162 valence electrons. The maximum Gasteiger partial charge on any atom is 0.296 e. The number of ketones is 1. The van der Waals surface area contributed by atoms with Crippen LogP contribution in [-0.4, -0.2) is 38.9 Å². The number of aromatic nitrogens is 1. The molecule has 1 aliphatic rings. The third-order valence-corrected chi connectivity index (χ3v) is 5.57. The number of pyridine rings is 1. The van der Waals surface area contributed by atoms with E-state index in [1.54, 1.807) is 42.6 Å². The van der Waals surface area contributed by atoms with Crippen LogP contribution in [0.2, 0.25) is 5.02 Å². The summed E-state index contributed by atoms with van der Waals surface area (Å²) in [6.07, 6.45) is 1.59. The van der Waals surface area contributed by atoms with Crippen LogP contribution in [0.5, 0.6) is 11.5 Å². The number of aliphatic hydroxyl groups excluding tert-OH is 1. The first-order chi connectivity index (χ1) is 15.4. The number of carbonyl (C=O) groups is 2. The number of phenols is 1. The highest BCUT2D eigenvalue weighted by Crippen LogP contribution is 2.42. The number of phenolic OH excluding ortho intramolecular Hbond substituents is 1. The summed E-state index contributed by atoms with van der Waals surface area (Å²) in [6.45, 7) is 0.0551. The first-order valence-corrected chi connectivity index (χ1v) is 10.1. The zero-order chi connectivity index (χ0) is 22.8. The molecule has 0 radical (unpaired) electrons. The molecule has 7 nitrogen and oxygen atoms in total. The van der Waals surface area contributed by atoms with Gasteiger partial charge in [0.1, 0.15) is 17.3 Å². The van der Waals surface area contributed by atoms with Crippen LogP contribution in [0.4, 0.5) is 0 Å². The summed E-state index contributed by atoms with van der Waals surface area (Å²) in [4.78, 5) is 31.7. The molecule has 0 spiro atoms. The molecule has 1 saturated heterocycles. The Morgan fingerprint density at radius 1 is 1.12 bits per heavy atom. The number of rotatable bonds is 5. The fraction of sp³-hybridized carbons (Fsp3) is 0.125. The number of aliphatic hydroxyl groups is 1. The van der Waals surface area contributed by atoms with Gasteiger partial charge in [0.05, 0.1) is 36.0 Å². The van der Waals surface area contributed by atoms with Crippen molar-refractivity contribution in [1.82, 2.24) is 9.88 Å². The fourth-order valence-electron chi connectivity index (χ4n) is 3.67. The normalized spacial score (nSPS) is 17.6. The number of nitrogens with zero attached hydrogens (tertiary/aromatic N) is 2. The maximum atomic E-state index is 13.1. The van der Waals surface area contributed by atoms with E-state index < -0.39 is 23.5 Å². The number of Topliss-reactive ketones (excluding diaryl/α,β-unsaturated/α-hetero) is 1. The van der Waals surface area contributed by atoms with Gasteiger partial charge in [-0.1, -0.05) is 29.8 Å². The highest BCUT2D eigenvalue weighted by atomic mass is 35.5. The number of halogens is 1. The van der Waals surface area contributed by atoms with Crippen molar-refractivity contribution in [3.8, 4) is 11.5 Å². The third kappa shape index (κ3) is 3.90. The Balaban J connectivity index is 1.89. The molecule has 1 aromatic heterocycles. The summed E-state index contributed by atoms with van der Waals surface area (Å²) in [6, 6.07) is 15.1. The molecule has 0 aliphatic carbocycles. The molecule has 4 rings (SSSR count). The summed E-state index contributed by atoms with van der Waals surface area (Å²) in [7, 11) is 1.47. The molecule has 1 aliphatic heterocycles. The Labute approximate surface area is 189 Å². The summed E-state index contributed by atoms with van der Waals surface area (Å²) in [5, 5.41) is 21.1. The summed E-state index contributed by atoms with van der Waals surface area (Å²) in [5.74, 6) is -1.55. The van der Waals surface area contributed by atoms with Gasteiger partial charge in [0.15, 0.2) is 0 Å². The van der Waals surface area contributed by atoms with Crippen LogP contribution in [0.1, 0.15) is 22.9 Å². The van der Waals surface area contributed by atoms with Gasteiger partial charge in [-0.05, 0) is 48.0 Å². The first-order valence-electron chi connectivity index (χ1n) is 9.72. The van der Waals surface area contributed by atoms with E-state index in [4.69, 9.17) is 16.3 Å². The van der Waals surface area contributed by atoms with Gasteiger partial charge in [-0.25, -0.2) is 0 Å². The molecule has 2 N–H and O–H groups in total. The standard InChI is InChI=1S/C24H19ClN2O5/c1-32-17-9-10-19(25)18(12-17)22(29)20-21(14-5-7-16(28)8-6-14)27(24(31)23(20)30)13-15-4-2-3-11-26-15/h2-12,21,28-29H,13H2,1H3/b22-20+. The van der Waals surface area contributed by atoms with E-state index in [9.17, 15) is 19.8 Å². The Morgan fingerprint density at radius 2 is 1.88 bits per heavy atom. The van der Waals surface area contributed by atoms with E-state index in [1.165, 1.54) is 36.3 Å². The van der Waals surface area contributed by atoms with E-state index in [2.05, 4.69) is 4.98 Å². The Morgan fingerprint density at radius 3 is 2.53 bits per heavy atom. The minimum Gasteiger partial charge on any atom is -0.508 e. The van der Waals surface area contributed by atoms with E-state index in [1.807, 2.05) is 0 Å². The lowest BCUT2D eigenvalue weighted by molar-refractivity contribution is -0.140. The molecular formula is C24H19ClN2O5. The van der Waals surface area contributed by atoms with Gasteiger partial charge in [0.2, 0.25) is 0 Å². The predicted molar refractivity (Wildman–Crippen MR) is 118 cm³/mol. The number of carbonyl (C=O) groups excluding carboxylic acids is 2. The number of ether oxygens (including phenoxy) is 1. The summed E-state index contributed by atoms with van der Waals surface area (Å²) in [5.41, 5.74) is 1.19. The average Bonchev–Trinajstić information content (AvgIpc) is 3.05. The third-order valence-electron chi connectivity index (χ3n) is 5.24. The Kier molecular flexibility index (Phi) is 5.83. The molecule has 2 aromatic carbocycles. The quantitative estimate of drug-likeness (QED) is 0.345. The fourth-order valence-corrected chi connectivity index (χ4v) is 3.88. The molecule has 1 atom stereocenters. The maximum absolute atomic E-state index is 13.1. The smallest absolute Gasteiger partial charge is 0.296 e. The number of amides is 1. The lowest BCUT2D eigenvalue weighted by Gasteiger charge is -2.25. The van der Waals surface area contributed by atoms with Gasteiger partial charge in [-0.15, -0.1) is 0 Å². The number of methoxy groups -OCH3 is 1. The first kappa shape index (κ1) is 21.4. The summed E-state index contributed by atoms with van der Waals surface area (Å²) >= 11 is 6.29. The SMILES string of the molecule is COc1ccc(Cl)c(/C(O)=C2\C(=O)C(=O)N(Cc3ccccn3)C2c2ccc(O)cc2)c1. The molecule has 8 heteroatoms. The van der Waals surface area contributed by atoms with Crippen molar-refractivity contribution in [2.45, 2.75) is 12.6 Å². The Bertz CT molecular complexity index is 1210. The molecule has 3 aromatic rings. The largest absolute Gasteiger partial charge is 0.508 e. The number of hydrogen-bond donors (Lipinski definition) is 2. The number of aromatic hydroxyl groups is 1. The lowest BCUT2D eigenvalue weighted by atomic mass is 9.95. The van der Waals surface area contributed by atoms with Crippen LogP contribution in [-0.2, 0) is 16.1 Å². The van der Waals surface area contributed by atoms with Gasteiger partial charge in [0, 0.05) is 11.8 Å². The van der Waals surface area contributed by atoms with Gasteiger partial charge >= 0.3 is 0 Å². The average molecular weight is 451 g/mol. The van der Waals surface area contributed by atoms with Crippen molar-refractivity contribution in [1.29, 1.82) is 0 Å². The minimum atomic E-state index is -0.903. The van der Waals surface area contributed by atoms with Crippen LogP contribution in [0.3, 0.4) is 0 Å².